The van der Waals surface area contributed by atoms with Crippen LogP contribution in [0.15, 0.2) is 29.5 Å². The first kappa shape index (κ1) is 12.3. The van der Waals surface area contributed by atoms with Crippen LogP contribution < -0.4 is 5.32 Å². The molecule has 0 radical (unpaired) electrons. The van der Waals surface area contributed by atoms with Gasteiger partial charge < -0.3 is 5.32 Å². The Morgan fingerprint density at radius 1 is 1.13 bits per heavy atom. The zero-order valence-electron chi connectivity index (χ0n) is 10.8. The van der Waals surface area contributed by atoms with Crippen molar-refractivity contribution >= 4 is 0 Å². The minimum absolute atomic E-state index is 0.128. The molecule has 0 aromatic rings. The lowest BCUT2D eigenvalue weighted by Gasteiger charge is -2.37. The highest BCUT2D eigenvalue weighted by Gasteiger charge is 2.30. The number of allylic oxidation sites excluding steroid dienone is 1. The molecular weight excluding hydrogens is 182 g/mol. The normalized spacial score (nSPS) is 18.1. The quantitative estimate of drug-likeness (QED) is 0.681. The third kappa shape index (κ3) is 3.70. The second-order valence-corrected chi connectivity index (χ2v) is 6.32. The van der Waals surface area contributed by atoms with Gasteiger partial charge in [0.1, 0.15) is 0 Å². The molecule has 0 aromatic heterocycles. The summed E-state index contributed by atoms with van der Waals surface area (Å²) in [7, 11) is 0. The summed E-state index contributed by atoms with van der Waals surface area (Å²) >= 11 is 0. The summed E-state index contributed by atoms with van der Waals surface area (Å²) < 4.78 is 0. The molecule has 1 heteroatoms. The van der Waals surface area contributed by atoms with Gasteiger partial charge in [-0.05, 0) is 38.3 Å². The van der Waals surface area contributed by atoms with Gasteiger partial charge in [0, 0.05) is 17.2 Å². The van der Waals surface area contributed by atoms with Gasteiger partial charge in [-0.3, -0.25) is 0 Å². The van der Waals surface area contributed by atoms with Crippen LogP contribution >= 0.6 is 0 Å². The van der Waals surface area contributed by atoms with E-state index >= 15 is 0 Å². The molecular formula is C14H23N. The summed E-state index contributed by atoms with van der Waals surface area (Å²) in [5.41, 5.74) is 4.90. The number of hydrogen-bond acceptors (Lipinski definition) is 1. The van der Waals surface area contributed by atoms with Crippen LogP contribution in [0.1, 0.15) is 41.5 Å². The lowest BCUT2D eigenvalue weighted by molar-refractivity contribution is 0.251. The molecule has 1 N–H and O–H groups in total. The highest BCUT2D eigenvalue weighted by molar-refractivity contribution is 5.34. The fraction of sp³-hybridized carbons (Fsp3) is 0.643. The van der Waals surface area contributed by atoms with Gasteiger partial charge in [0.25, 0.3) is 0 Å². The van der Waals surface area contributed by atoms with Crippen LogP contribution in [0.4, 0.5) is 0 Å². The van der Waals surface area contributed by atoms with Crippen molar-refractivity contribution in [2.75, 3.05) is 0 Å². The minimum Gasteiger partial charge on any atom is -0.304 e. The molecule has 1 rings (SSSR count). The predicted molar refractivity (Wildman–Crippen MR) is 66.9 cm³/mol. The van der Waals surface area contributed by atoms with E-state index in [9.17, 15) is 0 Å². The van der Waals surface area contributed by atoms with Gasteiger partial charge in [-0.1, -0.05) is 26.8 Å². The van der Waals surface area contributed by atoms with E-state index < -0.39 is 0 Å². The first-order valence-electron chi connectivity index (χ1n) is 5.61. The predicted octanol–water partition coefficient (Wildman–Crippen LogP) is 3.44. The largest absolute Gasteiger partial charge is 0.304 e. The second kappa shape index (κ2) is 4.00. The highest BCUT2D eigenvalue weighted by atomic mass is 15.0. The summed E-state index contributed by atoms with van der Waals surface area (Å²) in [4.78, 5) is 0. The maximum Gasteiger partial charge on any atom is 0.0446 e. The average molecular weight is 205 g/mol. The third-order valence-corrected chi connectivity index (χ3v) is 2.38. The summed E-state index contributed by atoms with van der Waals surface area (Å²) in [6, 6.07) is 0.354. The van der Waals surface area contributed by atoms with Crippen LogP contribution in [0.2, 0.25) is 0 Å². The smallest absolute Gasteiger partial charge is 0.0446 e. The van der Waals surface area contributed by atoms with E-state index in [0.29, 0.717) is 6.04 Å². The molecule has 0 spiro atoms. The fourth-order valence-corrected chi connectivity index (χ4v) is 1.72. The second-order valence-electron chi connectivity index (χ2n) is 6.32. The van der Waals surface area contributed by atoms with Crippen LogP contribution in [0.5, 0.6) is 0 Å². The van der Waals surface area contributed by atoms with Crippen LogP contribution in [0.3, 0.4) is 0 Å². The molecule has 84 valence electrons. The van der Waals surface area contributed by atoms with Gasteiger partial charge in [0.05, 0.1) is 0 Å². The van der Waals surface area contributed by atoms with E-state index in [1.54, 1.807) is 0 Å². The van der Waals surface area contributed by atoms with Gasteiger partial charge >= 0.3 is 0 Å². The Morgan fingerprint density at radius 2 is 1.73 bits per heavy atom. The molecule has 0 aromatic carbocycles. The molecule has 0 bridgehead atoms. The maximum absolute atomic E-state index is 3.67. The zero-order chi connectivity index (χ0) is 11.7. The van der Waals surface area contributed by atoms with Gasteiger partial charge in [-0.15, -0.1) is 5.73 Å². The monoisotopic (exact) mass is 205 g/mol. The SMILES string of the molecule is CC(C)(C)NC(C1=C=CC=C1)C(C)(C)C. The van der Waals surface area contributed by atoms with E-state index in [-0.39, 0.29) is 11.0 Å². The van der Waals surface area contributed by atoms with Crippen LogP contribution in [-0.2, 0) is 0 Å². The first-order chi connectivity index (χ1) is 6.70. The Hall–Kier alpha value is -0.780. The molecule has 15 heavy (non-hydrogen) atoms. The van der Waals surface area contributed by atoms with Crippen LogP contribution in [0, 0.1) is 5.41 Å². The third-order valence-electron chi connectivity index (χ3n) is 2.38. The zero-order valence-corrected chi connectivity index (χ0v) is 10.8. The van der Waals surface area contributed by atoms with Crippen molar-refractivity contribution in [2.24, 2.45) is 5.41 Å². The van der Waals surface area contributed by atoms with Crippen molar-refractivity contribution in [1.29, 1.82) is 0 Å². The molecule has 1 nitrogen and oxygen atoms in total. The molecule has 1 aliphatic rings. The molecule has 1 aliphatic carbocycles. The molecule has 1 unspecified atom stereocenters. The number of nitrogens with one attached hydrogen (secondary N) is 1. The van der Waals surface area contributed by atoms with Crippen molar-refractivity contribution in [3.63, 3.8) is 0 Å². The van der Waals surface area contributed by atoms with E-state index in [0.717, 1.165) is 0 Å². The van der Waals surface area contributed by atoms with Crippen molar-refractivity contribution in [1.82, 2.24) is 5.32 Å². The Kier molecular flexibility index (Phi) is 3.28. The number of hydrogen-bond donors (Lipinski definition) is 1. The van der Waals surface area contributed by atoms with Crippen molar-refractivity contribution in [3.8, 4) is 0 Å². The van der Waals surface area contributed by atoms with Crippen molar-refractivity contribution < 1.29 is 0 Å². The topological polar surface area (TPSA) is 12.0 Å². The van der Waals surface area contributed by atoms with E-state index in [1.165, 1.54) is 5.57 Å². The van der Waals surface area contributed by atoms with Crippen molar-refractivity contribution in [2.45, 2.75) is 53.1 Å². The van der Waals surface area contributed by atoms with E-state index in [2.05, 4.69) is 64.7 Å². The first-order valence-corrected chi connectivity index (χ1v) is 5.61. The standard InChI is InChI=1S/C14H23N/c1-13(2,3)12(15-14(4,5)6)11-9-7-8-10-11/h7-9,12,15H,1-6H3. The van der Waals surface area contributed by atoms with Gasteiger partial charge in [0.15, 0.2) is 0 Å². The molecule has 0 aliphatic heterocycles. The highest BCUT2D eigenvalue weighted by Crippen LogP contribution is 2.28. The Morgan fingerprint density at radius 3 is 2.07 bits per heavy atom. The van der Waals surface area contributed by atoms with Crippen LogP contribution in [-0.4, -0.2) is 11.6 Å². The van der Waals surface area contributed by atoms with E-state index in [1.807, 2.05) is 6.08 Å². The summed E-state index contributed by atoms with van der Waals surface area (Å²) in [6.45, 7) is 13.4. The van der Waals surface area contributed by atoms with Gasteiger partial charge in [-0.25, -0.2) is 0 Å². The maximum atomic E-state index is 3.67. The molecule has 0 heterocycles. The molecule has 0 saturated heterocycles. The summed E-state index contributed by atoms with van der Waals surface area (Å²) in [6.07, 6.45) is 6.19. The van der Waals surface area contributed by atoms with Crippen LogP contribution in [0.25, 0.3) is 0 Å². The lowest BCUT2D eigenvalue weighted by Crippen LogP contribution is -2.50. The van der Waals surface area contributed by atoms with Gasteiger partial charge in [-0.2, -0.15) is 0 Å². The Bertz CT molecular complexity index is 314. The van der Waals surface area contributed by atoms with E-state index in [4.69, 9.17) is 0 Å². The molecule has 0 fully saturated rings. The minimum atomic E-state index is 0.128. The fourth-order valence-electron chi connectivity index (χ4n) is 1.72. The molecule has 1 atom stereocenters. The number of rotatable bonds is 2. The average Bonchev–Trinajstić information content (AvgIpc) is 2.47. The summed E-state index contributed by atoms with van der Waals surface area (Å²) in [5.74, 6) is 0. The molecule has 0 saturated carbocycles. The Balaban J connectivity index is 2.90. The summed E-state index contributed by atoms with van der Waals surface area (Å²) in [5, 5.41) is 3.67. The van der Waals surface area contributed by atoms with Crippen molar-refractivity contribution in [3.05, 3.63) is 29.5 Å². The molecule has 0 amide bonds. The lowest BCUT2D eigenvalue weighted by atomic mass is 9.81. The Labute approximate surface area is 94.0 Å². The van der Waals surface area contributed by atoms with Gasteiger partial charge in [0.2, 0.25) is 0 Å².